The van der Waals surface area contributed by atoms with E-state index in [1.807, 2.05) is 30.3 Å². The Morgan fingerprint density at radius 3 is 2.46 bits per heavy atom. The van der Waals surface area contributed by atoms with Crippen LogP contribution in [0.3, 0.4) is 0 Å². The normalized spacial score (nSPS) is 24.5. The smallest absolute Gasteiger partial charge is 0.309 e. The van der Waals surface area contributed by atoms with Crippen LogP contribution in [0.1, 0.15) is 44.1 Å². The van der Waals surface area contributed by atoms with Crippen molar-refractivity contribution in [1.82, 2.24) is 20.8 Å². The van der Waals surface area contributed by atoms with Crippen LogP contribution in [-0.4, -0.2) is 46.4 Å². The van der Waals surface area contributed by atoms with Crippen molar-refractivity contribution in [3.05, 3.63) is 35.9 Å². The van der Waals surface area contributed by atoms with Crippen molar-refractivity contribution >= 4 is 17.8 Å². The number of hydrazine groups is 1. The summed E-state index contributed by atoms with van der Waals surface area (Å²) < 4.78 is 0. The van der Waals surface area contributed by atoms with E-state index >= 15 is 0 Å². The summed E-state index contributed by atoms with van der Waals surface area (Å²) >= 11 is 0. The van der Waals surface area contributed by atoms with E-state index in [9.17, 15) is 14.4 Å². The number of hydrogen-bond acceptors (Lipinski definition) is 4. The molecule has 0 unspecified atom stereocenters. The zero-order valence-corrected chi connectivity index (χ0v) is 15.8. The van der Waals surface area contributed by atoms with E-state index in [1.165, 1.54) is 9.96 Å². The van der Waals surface area contributed by atoms with E-state index < -0.39 is 6.04 Å². The fourth-order valence-corrected chi connectivity index (χ4v) is 4.29. The number of nitrogens with zero attached hydrogens (tertiary/aromatic N) is 2. The molecule has 1 aromatic rings. The van der Waals surface area contributed by atoms with Gasteiger partial charge in [0.15, 0.2) is 0 Å². The molecule has 2 saturated heterocycles. The van der Waals surface area contributed by atoms with Gasteiger partial charge in [-0.25, -0.2) is 4.79 Å². The molecule has 2 heterocycles. The molecule has 2 atom stereocenters. The number of hydroxylamine groups is 2. The molecule has 2 aliphatic heterocycles. The number of rotatable bonds is 5. The fraction of sp³-hybridized carbons (Fsp3) is 0.550. The first kappa shape index (κ1) is 18.7. The molecule has 1 aliphatic carbocycles. The first-order valence-corrected chi connectivity index (χ1v) is 10.00. The molecule has 1 saturated carbocycles. The molecule has 0 radical (unpaired) electrons. The van der Waals surface area contributed by atoms with Gasteiger partial charge in [0.2, 0.25) is 5.91 Å². The molecular formula is C20H26N4O4. The number of carbonyl (C=O) groups is 3. The van der Waals surface area contributed by atoms with Crippen molar-refractivity contribution in [3.63, 3.8) is 0 Å². The highest BCUT2D eigenvalue weighted by molar-refractivity contribution is 5.90. The second-order valence-electron chi connectivity index (χ2n) is 7.73. The van der Waals surface area contributed by atoms with Crippen LogP contribution in [0.4, 0.5) is 4.79 Å². The third-order valence-corrected chi connectivity index (χ3v) is 5.87. The number of amides is 4. The molecule has 3 aliphatic rings. The van der Waals surface area contributed by atoms with Gasteiger partial charge in [-0.2, -0.15) is 5.06 Å². The van der Waals surface area contributed by atoms with Gasteiger partial charge < -0.3 is 4.90 Å². The summed E-state index contributed by atoms with van der Waals surface area (Å²) in [5, 5.41) is 1.40. The maximum absolute atomic E-state index is 12.7. The molecule has 4 rings (SSSR count). The van der Waals surface area contributed by atoms with Crippen LogP contribution in [0.2, 0.25) is 0 Å². The Labute approximate surface area is 164 Å². The molecule has 1 aromatic carbocycles. The van der Waals surface area contributed by atoms with Gasteiger partial charge in [0, 0.05) is 12.5 Å². The van der Waals surface area contributed by atoms with Gasteiger partial charge in [0.05, 0.1) is 6.04 Å². The van der Waals surface area contributed by atoms with Gasteiger partial charge in [-0.05, 0) is 31.2 Å². The van der Waals surface area contributed by atoms with Gasteiger partial charge >= 0.3 is 6.03 Å². The lowest BCUT2D eigenvalue weighted by atomic mass is 10.0. The average molecular weight is 386 g/mol. The molecule has 150 valence electrons. The molecule has 0 spiro atoms. The van der Waals surface area contributed by atoms with Crippen LogP contribution in [0.5, 0.6) is 0 Å². The first-order valence-electron chi connectivity index (χ1n) is 10.00. The van der Waals surface area contributed by atoms with Crippen molar-refractivity contribution < 1.29 is 19.2 Å². The van der Waals surface area contributed by atoms with Gasteiger partial charge in [0.1, 0.15) is 12.6 Å². The monoisotopic (exact) mass is 386 g/mol. The second kappa shape index (κ2) is 8.18. The van der Waals surface area contributed by atoms with E-state index in [4.69, 9.17) is 4.84 Å². The molecule has 3 fully saturated rings. The number of benzene rings is 1. The maximum atomic E-state index is 12.7. The average Bonchev–Trinajstić information content (AvgIpc) is 3.34. The van der Waals surface area contributed by atoms with E-state index in [1.54, 1.807) is 0 Å². The molecule has 2 N–H and O–H groups in total. The zero-order valence-electron chi connectivity index (χ0n) is 15.8. The quantitative estimate of drug-likeness (QED) is 0.754. The Kier molecular flexibility index (Phi) is 5.47. The lowest BCUT2D eigenvalue weighted by molar-refractivity contribution is -0.140. The molecule has 8 heteroatoms. The molecule has 8 nitrogen and oxygen atoms in total. The predicted molar refractivity (Wildman–Crippen MR) is 100 cm³/mol. The van der Waals surface area contributed by atoms with Crippen molar-refractivity contribution in [2.45, 2.75) is 57.2 Å². The second-order valence-corrected chi connectivity index (χ2v) is 7.73. The number of nitrogens with one attached hydrogen (secondary N) is 2. The van der Waals surface area contributed by atoms with Gasteiger partial charge in [0.25, 0.3) is 5.91 Å². The van der Waals surface area contributed by atoms with Crippen LogP contribution in [0, 0.1) is 5.92 Å². The molecule has 4 amide bonds. The topological polar surface area (TPSA) is 91.0 Å². The van der Waals surface area contributed by atoms with Gasteiger partial charge in [-0.3, -0.25) is 25.3 Å². The van der Waals surface area contributed by atoms with Gasteiger partial charge in [-0.1, -0.05) is 43.2 Å². The third kappa shape index (κ3) is 3.82. The third-order valence-electron chi connectivity index (χ3n) is 5.87. The lowest BCUT2D eigenvalue weighted by Crippen LogP contribution is -2.54. The standard InChI is InChI=1S/C20H26N4O4/c25-18(15-8-4-5-9-15)21-22-19(26)17-11-10-16-12-23(17)20(27)24(16)28-13-14-6-2-1-3-7-14/h1-3,6-7,15-17H,4-5,8-13H2,(H,21,25)(H,22,26)/t16-,17+/m1/s1. The van der Waals surface area contributed by atoms with Crippen molar-refractivity contribution in [2.75, 3.05) is 6.54 Å². The van der Waals surface area contributed by atoms with E-state index in [-0.39, 0.29) is 29.8 Å². The molecule has 28 heavy (non-hydrogen) atoms. The summed E-state index contributed by atoms with van der Waals surface area (Å²) in [6.45, 7) is 0.771. The zero-order chi connectivity index (χ0) is 19.5. The largest absolute Gasteiger partial charge is 0.345 e. The lowest BCUT2D eigenvalue weighted by Gasteiger charge is -2.29. The van der Waals surface area contributed by atoms with Crippen LogP contribution in [0.25, 0.3) is 0 Å². The van der Waals surface area contributed by atoms with E-state index in [0.717, 1.165) is 31.2 Å². The molecule has 2 bridgehead atoms. The maximum Gasteiger partial charge on any atom is 0.345 e. The molecule has 0 aromatic heterocycles. The van der Waals surface area contributed by atoms with E-state index in [2.05, 4.69) is 10.9 Å². The number of hydrogen-bond donors (Lipinski definition) is 2. The highest BCUT2D eigenvalue weighted by atomic mass is 16.7. The summed E-state index contributed by atoms with van der Waals surface area (Å²) in [4.78, 5) is 44.7. The van der Waals surface area contributed by atoms with Crippen molar-refractivity contribution in [2.24, 2.45) is 5.92 Å². The highest BCUT2D eigenvalue weighted by Crippen LogP contribution is 2.30. The Morgan fingerprint density at radius 1 is 1.00 bits per heavy atom. The minimum absolute atomic E-state index is 0.0219. The Morgan fingerprint density at radius 2 is 1.71 bits per heavy atom. The predicted octanol–water partition coefficient (Wildman–Crippen LogP) is 1.72. The first-order chi connectivity index (χ1) is 13.6. The van der Waals surface area contributed by atoms with Crippen LogP contribution < -0.4 is 10.9 Å². The highest BCUT2D eigenvalue weighted by Gasteiger charge is 2.48. The summed E-state index contributed by atoms with van der Waals surface area (Å²) in [6.07, 6.45) is 5.07. The summed E-state index contributed by atoms with van der Waals surface area (Å²) in [5.74, 6) is -0.505. The van der Waals surface area contributed by atoms with Crippen molar-refractivity contribution in [1.29, 1.82) is 0 Å². The summed E-state index contributed by atoms with van der Waals surface area (Å²) in [7, 11) is 0. The van der Waals surface area contributed by atoms with Crippen molar-refractivity contribution in [3.8, 4) is 0 Å². The number of urea groups is 1. The summed E-state index contributed by atoms with van der Waals surface area (Å²) in [5.41, 5.74) is 6.03. The SMILES string of the molecule is O=C(NNC(=O)[C@@H]1CC[C@@H]2CN1C(=O)N2OCc1ccccc1)C1CCCC1. The van der Waals surface area contributed by atoms with Crippen LogP contribution >= 0.6 is 0 Å². The Hall–Kier alpha value is -2.61. The molecular weight excluding hydrogens is 360 g/mol. The minimum atomic E-state index is -0.585. The Bertz CT molecular complexity index is 735. The van der Waals surface area contributed by atoms with Gasteiger partial charge in [-0.15, -0.1) is 0 Å². The summed E-state index contributed by atoms with van der Waals surface area (Å²) in [6, 6.07) is 8.73. The van der Waals surface area contributed by atoms with Crippen LogP contribution in [-0.2, 0) is 21.0 Å². The van der Waals surface area contributed by atoms with Crippen LogP contribution in [0.15, 0.2) is 30.3 Å². The van der Waals surface area contributed by atoms with E-state index in [0.29, 0.717) is 26.0 Å². The fourth-order valence-electron chi connectivity index (χ4n) is 4.29. The number of carbonyl (C=O) groups excluding carboxylic acids is 3. The Balaban J connectivity index is 1.31. The number of piperidine rings is 1. The number of fused-ring (bicyclic) bond motifs is 2. The minimum Gasteiger partial charge on any atom is -0.309 e.